The van der Waals surface area contributed by atoms with E-state index < -0.39 is 18.9 Å². The molecule has 0 bridgehead atoms. The molecule has 0 aromatic carbocycles. The van der Waals surface area contributed by atoms with E-state index in [1.165, 1.54) is 0 Å². The van der Waals surface area contributed by atoms with Gasteiger partial charge in [-0.1, -0.05) is 69.6 Å². The van der Waals surface area contributed by atoms with Gasteiger partial charge >= 0.3 is 0 Å². The standard InChI is InChI=1S/C4H5Cl6NO2S/c5-3(6,7)1-11(14(12)13)2-4(8,9)10/h1-2H2,(H,12,13)/p-1. The summed E-state index contributed by atoms with van der Waals surface area (Å²) in [5.41, 5.74) is 0. The predicted molar refractivity (Wildman–Crippen MR) is 61.1 cm³/mol. The second kappa shape index (κ2) is 5.94. The zero-order valence-corrected chi connectivity index (χ0v) is 11.7. The van der Waals surface area contributed by atoms with E-state index in [9.17, 15) is 8.76 Å². The average molecular weight is 343 g/mol. The zero-order chi connectivity index (χ0) is 11.6. The number of halogens is 6. The van der Waals surface area contributed by atoms with Crippen molar-refractivity contribution >= 4 is 80.9 Å². The largest absolute Gasteiger partial charge is 0.760 e. The fourth-order valence-corrected chi connectivity index (χ4v) is 2.45. The van der Waals surface area contributed by atoms with E-state index in [-0.39, 0.29) is 13.1 Å². The lowest BCUT2D eigenvalue weighted by molar-refractivity contribution is 0.397. The summed E-state index contributed by atoms with van der Waals surface area (Å²) in [6.45, 7) is -0.774. The summed E-state index contributed by atoms with van der Waals surface area (Å²) in [7, 11) is 0. The molecule has 0 aromatic rings. The van der Waals surface area contributed by atoms with Crippen LogP contribution in [0, 0.1) is 0 Å². The summed E-state index contributed by atoms with van der Waals surface area (Å²) >= 11 is 29.7. The molecule has 0 radical (unpaired) electrons. The Balaban J connectivity index is 4.40. The smallest absolute Gasteiger partial charge is 0.204 e. The third-order valence-electron chi connectivity index (χ3n) is 0.922. The first-order chi connectivity index (χ1) is 6.01. The van der Waals surface area contributed by atoms with Crippen LogP contribution in [0.15, 0.2) is 0 Å². The number of hydrogen-bond donors (Lipinski definition) is 0. The van der Waals surface area contributed by atoms with E-state index >= 15 is 0 Å². The van der Waals surface area contributed by atoms with Gasteiger partial charge < -0.3 is 4.55 Å². The monoisotopic (exact) mass is 340 g/mol. The Labute approximate surface area is 114 Å². The molecule has 14 heavy (non-hydrogen) atoms. The third kappa shape index (κ3) is 9.07. The van der Waals surface area contributed by atoms with E-state index in [1.807, 2.05) is 0 Å². The Bertz CT molecular complexity index is 197. The van der Waals surface area contributed by atoms with Gasteiger partial charge in [0.1, 0.15) is 0 Å². The molecule has 0 aliphatic heterocycles. The molecule has 86 valence electrons. The molecule has 0 aliphatic carbocycles. The second-order valence-corrected chi connectivity index (χ2v) is 8.23. The zero-order valence-electron chi connectivity index (χ0n) is 6.35. The van der Waals surface area contributed by atoms with Gasteiger partial charge in [0, 0.05) is 11.3 Å². The Hall–Kier alpha value is 1.81. The van der Waals surface area contributed by atoms with Crippen LogP contribution in [-0.2, 0) is 11.3 Å². The molecule has 0 heterocycles. The molecule has 0 fully saturated rings. The van der Waals surface area contributed by atoms with E-state index in [0.717, 1.165) is 0 Å². The molecule has 0 rings (SSSR count). The van der Waals surface area contributed by atoms with Crippen molar-refractivity contribution < 1.29 is 8.76 Å². The van der Waals surface area contributed by atoms with Crippen molar-refractivity contribution in [2.24, 2.45) is 0 Å². The molecule has 10 heteroatoms. The van der Waals surface area contributed by atoms with Crippen LogP contribution in [0.2, 0.25) is 0 Å². The van der Waals surface area contributed by atoms with Gasteiger partial charge in [0.05, 0.1) is 13.1 Å². The first-order valence-corrected chi connectivity index (χ1v) is 6.29. The molecule has 1 unspecified atom stereocenters. The van der Waals surface area contributed by atoms with Gasteiger partial charge in [-0.2, -0.15) is 0 Å². The van der Waals surface area contributed by atoms with Gasteiger partial charge in [0.2, 0.25) is 7.59 Å². The molecule has 0 aliphatic rings. The minimum absolute atomic E-state index is 0.387. The quantitative estimate of drug-likeness (QED) is 0.584. The van der Waals surface area contributed by atoms with Crippen LogP contribution in [-0.4, -0.2) is 33.7 Å². The number of alkyl halides is 6. The predicted octanol–water partition coefficient (Wildman–Crippen LogP) is 2.82. The van der Waals surface area contributed by atoms with Crippen LogP contribution in [0.4, 0.5) is 0 Å². The Morgan fingerprint density at radius 3 is 1.43 bits per heavy atom. The van der Waals surface area contributed by atoms with E-state index in [0.29, 0.717) is 4.31 Å². The highest BCUT2D eigenvalue weighted by Gasteiger charge is 2.30. The molecule has 0 saturated carbocycles. The Kier molecular flexibility index (Phi) is 6.71. The molecular formula is C4H4Cl6NO2S-. The number of nitrogens with zero attached hydrogens (tertiary/aromatic N) is 1. The summed E-state index contributed by atoms with van der Waals surface area (Å²) in [4.78, 5) is 0. The maximum Gasteiger partial charge on any atom is 0.204 e. The van der Waals surface area contributed by atoms with Crippen molar-refractivity contribution in [3.8, 4) is 0 Å². The van der Waals surface area contributed by atoms with Crippen LogP contribution >= 0.6 is 69.6 Å². The maximum absolute atomic E-state index is 10.6. The fourth-order valence-electron chi connectivity index (χ4n) is 0.561. The molecule has 0 amide bonds. The first-order valence-electron chi connectivity index (χ1n) is 2.99. The Morgan fingerprint density at radius 1 is 1.00 bits per heavy atom. The lowest BCUT2D eigenvalue weighted by atomic mass is 10.6. The van der Waals surface area contributed by atoms with E-state index in [2.05, 4.69) is 0 Å². The average Bonchev–Trinajstić information content (AvgIpc) is 1.78. The van der Waals surface area contributed by atoms with Crippen LogP contribution in [0.25, 0.3) is 0 Å². The van der Waals surface area contributed by atoms with Gasteiger partial charge in [-0.25, -0.2) is 4.31 Å². The van der Waals surface area contributed by atoms with Gasteiger partial charge in [-0.15, -0.1) is 0 Å². The molecule has 0 N–H and O–H groups in total. The van der Waals surface area contributed by atoms with Gasteiger partial charge in [0.25, 0.3) is 0 Å². The van der Waals surface area contributed by atoms with E-state index in [4.69, 9.17) is 69.6 Å². The van der Waals surface area contributed by atoms with Gasteiger partial charge in [0.15, 0.2) is 0 Å². The highest BCUT2D eigenvalue weighted by atomic mass is 35.6. The van der Waals surface area contributed by atoms with Crippen molar-refractivity contribution in [1.29, 1.82) is 0 Å². The molecule has 0 saturated heterocycles. The number of hydrogen-bond acceptors (Lipinski definition) is 2. The minimum atomic E-state index is -2.62. The molecule has 0 aromatic heterocycles. The lowest BCUT2D eigenvalue weighted by Gasteiger charge is -2.29. The van der Waals surface area contributed by atoms with Gasteiger partial charge in [-0.05, 0) is 0 Å². The van der Waals surface area contributed by atoms with Crippen LogP contribution in [0.3, 0.4) is 0 Å². The molecule has 3 nitrogen and oxygen atoms in total. The first kappa shape index (κ1) is 15.8. The van der Waals surface area contributed by atoms with Crippen molar-refractivity contribution in [3.63, 3.8) is 0 Å². The van der Waals surface area contributed by atoms with Crippen molar-refractivity contribution in [1.82, 2.24) is 4.31 Å². The minimum Gasteiger partial charge on any atom is -0.760 e. The van der Waals surface area contributed by atoms with E-state index in [1.54, 1.807) is 0 Å². The highest BCUT2D eigenvalue weighted by Crippen LogP contribution is 2.31. The SMILES string of the molecule is O=S([O-])N(CC(Cl)(Cl)Cl)CC(Cl)(Cl)Cl. The molecule has 1 atom stereocenters. The highest BCUT2D eigenvalue weighted by molar-refractivity contribution is 7.76. The lowest BCUT2D eigenvalue weighted by Crippen LogP contribution is -2.39. The van der Waals surface area contributed by atoms with Crippen LogP contribution in [0.5, 0.6) is 0 Å². The second-order valence-electron chi connectivity index (χ2n) is 2.25. The molecule has 0 spiro atoms. The summed E-state index contributed by atoms with van der Waals surface area (Å²) in [6, 6.07) is 0. The van der Waals surface area contributed by atoms with Crippen LogP contribution < -0.4 is 0 Å². The van der Waals surface area contributed by atoms with Crippen LogP contribution in [0.1, 0.15) is 0 Å². The summed E-state index contributed by atoms with van der Waals surface area (Å²) in [6.07, 6.45) is 0. The molecular weight excluding hydrogens is 339 g/mol. The summed E-state index contributed by atoms with van der Waals surface area (Å²) in [5.74, 6) is 0. The fraction of sp³-hybridized carbons (Fsp3) is 1.00. The number of rotatable bonds is 3. The summed E-state index contributed by atoms with van der Waals surface area (Å²) in [5, 5.41) is 0. The summed E-state index contributed by atoms with van der Waals surface area (Å²) < 4.78 is 18.5. The van der Waals surface area contributed by atoms with Crippen molar-refractivity contribution in [3.05, 3.63) is 0 Å². The maximum atomic E-state index is 10.6. The topological polar surface area (TPSA) is 43.4 Å². The normalized spacial score (nSPS) is 16.0. The van der Waals surface area contributed by atoms with Gasteiger partial charge in [-0.3, -0.25) is 4.21 Å². The van der Waals surface area contributed by atoms with Crippen molar-refractivity contribution in [2.45, 2.75) is 7.59 Å². The third-order valence-corrected chi connectivity index (χ3v) is 2.32. The Morgan fingerprint density at radius 2 is 1.29 bits per heavy atom. The van der Waals surface area contributed by atoms with Crippen molar-refractivity contribution in [2.75, 3.05) is 13.1 Å².